The van der Waals surface area contributed by atoms with Crippen molar-refractivity contribution in [2.75, 3.05) is 31.1 Å². The van der Waals surface area contributed by atoms with Gasteiger partial charge in [-0.1, -0.05) is 27.7 Å². The molecular formula is C20H30N6O. The van der Waals surface area contributed by atoms with Gasteiger partial charge in [-0.2, -0.15) is 0 Å². The molecule has 0 aliphatic carbocycles. The fourth-order valence-corrected chi connectivity index (χ4v) is 3.38. The Morgan fingerprint density at radius 3 is 2.41 bits per heavy atom. The van der Waals surface area contributed by atoms with Gasteiger partial charge in [0.25, 0.3) is 0 Å². The summed E-state index contributed by atoms with van der Waals surface area (Å²) < 4.78 is 1.96. The average molecular weight is 371 g/mol. The van der Waals surface area contributed by atoms with Gasteiger partial charge in [-0.3, -0.25) is 4.79 Å². The van der Waals surface area contributed by atoms with E-state index in [1.54, 1.807) is 6.20 Å². The summed E-state index contributed by atoms with van der Waals surface area (Å²) in [6.45, 7) is 13.8. The van der Waals surface area contributed by atoms with Gasteiger partial charge in [-0.15, -0.1) is 0 Å². The molecule has 0 bridgehead atoms. The predicted octanol–water partition coefficient (Wildman–Crippen LogP) is 2.58. The molecule has 0 radical (unpaired) electrons. The Bertz CT molecular complexity index is 790. The summed E-state index contributed by atoms with van der Waals surface area (Å²) in [4.78, 5) is 30.5. The number of piperazine rings is 1. The normalized spacial score (nSPS) is 15.1. The van der Waals surface area contributed by atoms with E-state index in [0.717, 1.165) is 36.3 Å². The summed E-state index contributed by atoms with van der Waals surface area (Å²) in [6, 6.07) is 2.03. The molecule has 1 aliphatic rings. The molecule has 3 rings (SSSR count). The summed E-state index contributed by atoms with van der Waals surface area (Å²) in [6.07, 6.45) is 3.66. The highest BCUT2D eigenvalue weighted by molar-refractivity contribution is 5.76. The molecule has 2 aromatic rings. The van der Waals surface area contributed by atoms with Crippen molar-refractivity contribution in [2.24, 2.45) is 0 Å². The molecule has 7 heteroatoms. The lowest BCUT2D eigenvalue weighted by molar-refractivity contribution is -0.132. The average Bonchev–Trinajstić information content (AvgIpc) is 3.09. The molecule has 0 unspecified atom stereocenters. The minimum atomic E-state index is 0.149. The highest BCUT2D eigenvalue weighted by Crippen LogP contribution is 2.19. The SMILES string of the molecule is Cc1cc(N2CCN(C(=O)Cn3ccnc3C(C)C)CC2)nc(C(C)C)n1. The minimum Gasteiger partial charge on any atom is -0.353 e. The number of aromatic nitrogens is 4. The summed E-state index contributed by atoms with van der Waals surface area (Å²) in [5.41, 5.74) is 0.989. The van der Waals surface area contributed by atoms with E-state index >= 15 is 0 Å². The van der Waals surface area contributed by atoms with Crippen LogP contribution in [0.1, 0.15) is 56.9 Å². The maximum Gasteiger partial charge on any atom is 0.242 e. The molecular weight excluding hydrogens is 340 g/mol. The largest absolute Gasteiger partial charge is 0.353 e. The molecule has 0 saturated carbocycles. The van der Waals surface area contributed by atoms with E-state index in [4.69, 9.17) is 4.98 Å². The Morgan fingerprint density at radius 1 is 1.07 bits per heavy atom. The number of hydrogen-bond acceptors (Lipinski definition) is 5. The number of amides is 1. The Balaban J connectivity index is 1.62. The molecule has 7 nitrogen and oxygen atoms in total. The smallest absolute Gasteiger partial charge is 0.242 e. The Hall–Kier alpha value is -2.44. The van der Waals surface area contributed by atoms with E-state index in [2.05, 4.69) is 42.6 Å². The van der Waals surface area contributed by atoms with Crippen molar-refractivity contribution in [3.05, 3.63) is 35.8 Å². The zero-order chi connectivity index (χ0) is 19.6. The first-order chi connectivity index (χ1) is 12.8. The van der Waals surface area contributed by atoms with Crippen molar-refractivity contribution in [3.8, 4) is 0 Å². The van der Waals surface area contributed by atoms with Crippen LogP contribution in [0.4, 0.5) is 5.82 Å². The van der Waals surface area contributed by atoms with Crippen LogP contribution in [0.15, 0.2) is 18.5 Å². The van der Waals surface area contributed by atoms with Gasteiger partial charge in [-0.05, 0) is 6.92 Å². The molecule has 0 aromatic carbocycles. The third-order valence-corrected chi connectivity index (χ3v) is 4.90. The van der Waals surface area contributed by atoms with E-state index in [0.29, 0.717) is 31.5 Å². The Labute approximate surface area is 161 Å². The van der Waals surface area contributed by atoms with Crippen molar-refractivity contribution in [3.63, 3.8) is 0 Å². The van der Waals surface area contributed by atoms with Gasteiger partial charge in [-0.25, -0.2) is 15.0 Å². The lowest BCUT2D eigenvalue weighted by atomic mass is 10.2. The summed E-state index contributed by atoms with van der Waals surface area (Å²) in [7, 11) is 0. The second-order valence-electron chi connectivity index (χ2n) is 7.82. The van der Waals surface area contributed by atoms with Gasteiger partial charge in [0, 0.05) is 62.2 Å². The van der Waals surface area contributed by atoms with E-state index in [1.165, 1.54) is 0 Å². The molecule has 3 heterocycles. The van der Waals surface area contributed by atoms with Crippen molar-refractivity contribution in [1.82, 2.24) is 24.4 Å². The van der Waals surface area contributed by atoms with Crippen molar-refractivity contribution in [1.29, 1.82) is 0 Å². The van der Waals surface area contributed by atoms with E-state index in [1.807, 2.05) is 28.7 Å². The molecule has 146 valence electrons. The second kappa shape index (κ2) is 8.06. The maximum atomic E-state index is 12.7. The van der Waals surface area contributed by atoms with E-state index < -0.39 is 0 Å². The van der Waals surface area contributed by atoms with Crippen LogP contribution in [-0.4, -0.2) is 56.5 Å². The predicted molar refractivity (Wildman–Crippen MR) is 106 cm³/mol. The van der Waals surface area contributed by atoms with Gasteiger partial charge in [0.05, 0.1) is 0 Å². The summed E-state index contributed by atoms with van der Waals surface area (Å²) in [5.74, 6) is 3.56. The molecule has 2 aromatic heterocycles. The van der Waals surface area contributed by atoms with Crippen LogP contribution < -0.4 is 4.90 Å². The van der Waals surface area contributed by atoms with Gasteiger partial charge in [0.1, 0.15) is 24.0 Å². The molecule has 0 N–H and O–H groups in total. The van der Waals surface area contributed by atoms with Crippen LogP contribution in [0, 0.1) is 6.92 Å². The highest BCUT2D eigenvalue weighted by Gasteiger charge is 2.23. The lowest BCUT2D eigenvalue weighted by Crippen LogP contribution is -2.50. The number of aryl methyl sites for hydroxylation is 1. The third-order valence-electron chi connectivity index (χ3n) is 4.90. The van der Waals surface area contributed by atoms with Crippen LogP contribution in [0.3, 0.4) is 0 Å². The number of anilines is 1. The number of rotatable bonds is 5. The Kier molecular flexibility index (Phi) is 5.77. The number of hydrogen-bond donors (Lipinski definition) is 0. The number of imidazole rings is 1. The van der Waals surface area contributed by atoms with E-state index in [9.17, 15) is 4.79 Å². The number of nitrogens with zero attached hydrogens (tertiary/aromatic N) is 6. The van der Waals surface area contributed by atoms with Crippen molar-refractivity contribution >= 4 is 11.7 Å². The quantitative estimate of drug-likeness (QED) is 0.809. The first kappa shape index (κ1) is 19.3. The fourth-order valence-electron chi connectivity index (χ4n) is 3.38. The molecule has 1 amide bonds. The van der Waals surface area contributed by atoms with Crippen LogP contribution in [0.25, 0.3) is 0 Å². The zero-order valence-electron chi connectivity index (χ0n) is 17.0. The topological polar surface area (TPSA) is 67.2 Å². The van der Waals surface area contributed by atoms with E-state index in [-0.39, 0.29) is 5.91 Å². The van der Waals surface area contributed by atoms with Crippen LogP contribution >= 0.6 is 0 Å². The van der Waals surface area contributed by atoms with Crippen LogP contribution in [-0.2, 0) is 11.3 Å². The minimum absolute atomic E-state index is 0.149. The van der Waals surface area contributed by atoms with Crippen LogP contribution in [0.5, 0.6) is 0 Å². The standard InChI is InChI=1S/C20H30N6O/c1-14(2)19-22-16(5)12-17(23-19)24-8-10-25(11-9-24)18(27)13-26-7-6-21-20(26)15(3)4/h6-7,12,14-15H,8-11,13H2,1-5H3. The lowest BCUT2D eigenvalue weighted by Gasteiger charge is -2.35. The molecule has 1 fully saturated rings. The van der Waals surface area contributed by atoms with Crippen molar-refractivity contribution in [2.45, 2.75) is 53.0 Å². The van der Waals surface area contributed by atoms with Gasteiger partial charge in [0.15, 0.2) is 0 Å². The number of carbonyl (C=O) groups excluding carboxylic acids is 1. The molecule has 0 atom stereocenters. The molecule has 1 aliphatic heterocycles. The molecule has 27 heavy (non-hydrogen) atoms. The first-order valence-electron chi connectivity index (χ1n) is 9.74. The first-order valence-corrected chi connectivity index (χ1v) is 9.74. The highest BCUT2D eigenvalue weighted by atomic mass is 16.2. The summed E-state index contributed by atoms with van der Waals surface area (Å²) >= 11 is 0. The Morgan fingerprint density at radius 2 is 1.78 bits per heavy atom. The fraction of sp³-hybridized carbons (Fsp3) is 0.600. The van der Waals surface area contributed by atoms with Crippen molar-refractivity contribution < 1.29 is 4.79 Å². The zero-order valence-corrected chi connectivity index (χ0v) is 17.0. The molecule has 0 spiro atoms. The summed E-state index contributed by atoms with van der Waals surface area (Å²) in [5, 5.41) is 0. The van der Waals surface area contributed by atoms with Gasteiger partial charge >= 0.3 is 0 Å². The van der Waals surface area contributed by atoms with Crippen LogP contribution in [0.2, 0.25) is 0 Å². The second-order valence-corrected chi connectivity index (χ2v) is 7.82. The maximum absolute atomic E-state index is 12.7. The third kappa shape index (κ3) is 4.46. The number of carbonyl (C=O) groups is 1. The van der Waals surface area contributed by atoms with Gasteiger partial charge < -0.3 is 14.4 Å². The molecule has 1 saturated heterocycles. The monoisotopic (exact) mass is 370 g/mol. The van der Waals surface area contributed by atoms with Gasteiger partial charge in [0.2, 0.25) is 5.91 Å².